The summed E-state index contributed by atoms with van der Waals surface area (Å²) in [4.78, 5) is 13.4. The number of aliphatic hydroxyl groups is 1. The van der Waals surface area contributed by atoms with Crippen molar-refractivity contribution in [2.24, 2.45) is 0 Å². The van der Waals surface area contributed by atoms with Gasteiger partial charge in [-0.3, -0.25) is 0 Å². The molecule has 0 saturated heterocycles. The van der Waals surface area contributed by atoms with Crippen molar-refractivity contribution in [3.63, 3.8) is 0 Å². The van der Waals surface area contributed by atoms with E-state index in [0.29, 0.717) is 10.7 Å². The minimum absolute atomic E-state index is 0.0744. The van der Waals surface area contributed by atoms with E-state index < -0.39 is 0 Å². The third kappa shape index (κ3) is 3.31. The number of nitrogens with zero attached hydrogens (tertiary/aromatic N) is 2. The Bertz CT molecular complexity index is 584. The highest BCUT2D eigenvalue weighted by Crippen LogP contribution is 2.24. The summed E-state index contributed by atoms with van der Waals surface area (Å²) in [5, 5.41) is 12.2. The smallest absolute Gasteiger partial charge is 0.321 e. The molecule has 106 valence electrons. The van der Waals surface area contributed by atoms with Crippen LogP contribution < -0.4 is 5.32 Å². The molecule has 0 saturated carbocycles. The van der Waals surface area contributed by atoms with Gasteiger partial charge in [-0.2, -0.15) is 0 Å². The van der Waals surface area contributed by atoms with Crippen LogP contribution in [-0.2, 0) is 0 Å². The highest BCUT2D eigenvalue weighted by molar-refractivity contribution is 6.30. The molecule has 2 rings (SSSR count). The van der Waals surface area contributed by atoms with Gasteiger partial charge in [-0.05, 0) is 30.3 Å². The van der Waals surface area contributed by atoms with Crippen molar-refractivity contribution in [3.8, 4) is 5.69 Å². The Morgan fingerprint density at radius 2 is 2.10 bits per heavy atom. The number of hydrogen-bond donors (Lipinski definition) is 2. The standard InChI is InChI=1S/C14H16ClN3O2/c1-17(8-9-19)14(20)16-12-5-4-11(15)10-13(12)18-6-2-3-7-18/h2-7,10,19H,8-9H2,1H3,(H,16,20). The van der Waals surface area contributed by atoms with E-state index in [2.05, 4.69) is 5.32 Å². The predicted octanol–water partition coefficient (Wildman–Crippen LogP) is 2.59. The number of aromatic nitrogens is 1. The fraction of sp³-hybridized carbons (Fsp3) is 0.214. The van der Waals surface area contributed by atoms with Gasteiger partial charge in [0, 0.05) is 31.0 Å². The molecule has 1 aromatic carbocycles. The molecule has 1 heterocycles. The number of likely N-dealkylation sites (N-methyl/N-ethyl adjacent to an activating group) is 1. The van der Waals surface area contributed by atoms with Gasteiger partial charge >= 0.3 is 6.03 Å². The molecule has 0 unspecified atom stereocenters. The van der Waals surface area contributed by atoms with E-state index in [1.54, 1.807) is 25.2 Å². The van der Waals surface area contributed by atoms with Gasteiger partial charge in [0.05, 0.1) is 18.0 Å². The Morgan fingerprint density at radius 3 is 2.75 bits per heavy atom. The lowest BCUT2D eigenvalue weighted by Crippen LogP contribution is -2.33. The fourth-order valence-electron chi connectivity index (χ4n) is 1.78. The lowest BCUT2D eigenvalue weighted by Gasteiger charge is -2.18. The topological polar surface area (TPSA) is 57.5 Å². The van der Waals surface area contributed by atoms with Gasteiger partial charge in [0.25, 0.3) is 0 Å². The molecule has 5 nitrogen and oxygen atoms in total. The van der Waals surface area contributed by atoms with Crippen LogP contribution >= 0.6 is 11.6 Å². The molecule has 0 aliphatic carbocycles. The van der Waals surface area contributed by atoms with Crippen LogP contribution in [0.4, 0.5) is 10.5 Å². The number of amides is 2. The van der Waals surface area contributed by atoms with Crippen LogP contribution in [0.1, 0.15) is 0 Å². The first-order chi connectivity index (χ1) is 9.61. The Hall–Kier alpha value is -1.98. The number of aliphatic hydroxyl groups excluding tert-OH is 1. The van der Waals surface area contributed by atoms with Gasteiger partial charge in [0.2, 0.25) is 0 Å². The molecule has 1 aromatic heterocycles. The molecule has 20 heavy (non-hydrogen) atoms. The van der Waals surface area contributed by atoms with Gasteiger partial charge in [-0.15, -0.1) is 0 Å². The van der Waals surface area contributed by atoms with Crippen LogP contribution in [0.2, 0.25) is 5.02 Å². The molecule has 6 heteroatoms. The summed E-state index contributed by atoms with van der Waals surface area (Å²) in [5.74, 6) is 0. The largest absolute Gasteiger partial charge is 0.395 e. The zero-order valence-electron chi connectivity index (χ0n) is 11.1. The monoisotopic (exact) mass is 293 g/mol. The number of urea groups is 1. The van der Waals surface area contributed by atoms with Crippen molar-refractivity contribution in [1.29, 1.82) is 0 Å². The van der Waals surface area contributed by atoms with E-state index in [4.69, 9.17) is 16.7 Å². The number of halogens is 1. The van der Waals surface area contributed by atoms with Gasteiger partial charge in [0.15, 0.2) is 0 Å². The zero-order chi connectivity index (χ0) is 14.5. The number of anilines is 1. The Labute approximate surface area is 122 Å². The third-order valence-corrected chi connectivity index (χ3v) is 3.10. The van der Waals surface area contributed by atoms with E-state index >= 15 is 0 Å². The molecular formula is C14H16ClN3O2. The lowest BCUT2D eigenvalue weighted by molar-refractivity contribution is 0.202. The number of carbonyl (C=O) groups excluding carboxylic acids is 1. The molecule has 0 fully saturated rings. The molecule has 2 aromatic rings. The summed E-state index contributed by atoms with van der Waals surface area (Å²) in [6.07, 6.45) is 3.75. The summed E-state index contributed by atoms with van der Waals surface area (Å²) in [7, 11) is 1.62. The molecule has 0 radical (unpaired) electrons. The van der Waals surface area contributed by atoms with E-state index in [9.17, 15) is 4.79 Å². The maximum Gasteiger partial charge on any atom is 0.321 e. The summed E-state index contributed by atoms with van der Waals surface area (Å²) in [5.41, 5.74) is 1.44. The van der Waals surface area contributed by atoms with Crippen LogP contribution in [0.15, 0.2) is 42.7 Å². The highest BCUT2D eigenvalue weighted by atomic mass is 35.5. The van der Waals surface area contributed by atoms with Crippen molar-refractivity contribution >= 4 is 23.3 Å². The minimum atomic E-state index is -0.283. The van der Waals surface area contributed by atoms with Crippen LogP contribution in [0.25, 0.3) is 5.69 Å². The maximum absolute atomic E-state index is 12.0. The number of hydrogen-bond acceptors (Lipinski definition) is 2. The third-order valence-electron chi connectivity index (χ3n) is 2.87. The number of carbonyl (C=O) groups is 1. The summed E-state index contributed by atoms with van der Waals surface area (Å²) < 4.78 is 1.87. The van der Waals surface area contributed by atoms with Crippen molar-refractivity contribution in [1.82, 2.24) is 9.47 Å². The first-order valence-electron chi connectivity index (χ1n) is 6.17. The predicted molar refractivity (Wildman–Crippen MR) is 79.5 cm³/mol. The van der Waals surface area contributed by atoms with E-state index in [1.165, 1.54) is 4.90 Å². The summed E-state index contributed by atoms with van der Waals surface area (Å²) in [6.45, 7) is 0.202. The Morgan fingerprint density at radius 1 is 1.40 bits per heavy atom. The second kappa shape index (κ2) is 6.45. The second-order valence-corrected chi connectivity index (χ2v) is 4.76. The zero-order valence-corrected chi connectivity index (χ0v) is 11.8. The van der Waals surface area contributed by atoms with Crippen LogP contribution in [0, 0.1) is 0 Å². The van der Waals surface area contributed by atoms with Gasteiger partial charge in [-0.1, -0.05) is 11.6 Å². The normalized spacial score (nSPS) is 10.3. The van der Waals surface area contributed by atoms with Crippen LogP contribution in [0.5, 0.6) is 0 Å². The van der Waals surface area contributed by atoms with Gasteiger partial charge in [-0.25, -0.2) is 4.79 Å². The van der Waals surface area contributed by atoms with E-state index in [-0.39, 0.29) is 19.2 Å². The number of benzene rings is 1. The molecule has 0 atom stereocenters. The maximum atomic E-state index is 12.0. The molecule has 2 N–H and O–H groups in total. The highest BCUT2D eigenvalue weighted by Gasteiger charge is 2.12. The quantitative estimate of drug-likeness (QED) is 0.910. The average molecular weight is 294 g/mol. The average Bonchev–Trinajstić information content (AvgIpc) is 2.95. The molecule has 0 spiro atoms. The molecule has 0 bridgehead atoms. The Kier molecular flexibility index (Phi) is 4.65. The van der Waals surface area contributed by atoms with E-state index in [0.717, 1.165) is 5.69 Å². The number of nitrogens with one attached hydrogen (secondary N) is 1. The Balaban J connectivity index is 2.26. The SMILES string of the molecule is CN(CCO)C(=O)Nc1ccc(Cl)cc1-n1cccc1. The van der Waals surface area contributed by atoms with Gasteiger partial charge < -0.3 is 19.9 Å². The van der Waals surface area contributed by atoms with E-state index in [1.807, 2.05) is 29.1 Å². The fourth-order valence-corrected chi connectivity index (χ4v) is 1.95. The van der Waals surface area contributed by atoms with Crippen molar-refractivity contribution in [2.75, 3.05) is 25.5 Å². The van der Waals surface area contributed by atoms with Crippen molar-refractivity contribution in [2.45, 2.75) is 0 Å². The number of rotatable bonds is 4. The molecule has 2 amide bonds. The summed E-state index contributed by atoms with van der Waals surface area (Å²) in [6, 6.07) is 8.76. The lowest BCUT2D eigenvalue weighted by atomic mass is 10.2. The minimum Gasteiger partial charge on any atom is -0.395 e. The van der Waals surface area contributed by atoms with Crippen molar-refractivity contribution in [3.05, 3.63) is 47.7 Å². The van der Waals surface area contributed by atoms with Crippen molar-refractivity contribution < 1.29 is 9.90 Å². The van der Waals surface area contributed by atoms with Crippen LogP contribution in [0.3, 0.4) is 0 Å². The first kappa shape index (κ1) is 14.4. The molecule has 0 aliphatic heterocycles. The first-order valence-corrected chi connectivity index (χ1v) is 6.55. The molecular weight excluding hydrogens is 278 g/mol. The molecule has 0 aliphatic rings. The summed E-state index contributed by atoms with van der Waals surface area (Å²) >= 11 is 6.01. The van der Waals surface area contributed by atoms with Gasteiger partial charge in [0.1, 0.15) is 0 Å². The second-order valence-electron chi connectivity index (χ2n) is 4.33. The van der Waals surface area contributed by atoms with Crippen LogP contribution in [-0.4, -0.2) is 40.8 Å².